The molecule has 0 saturated carbocycles. The first kappa shape index (κ1) is 20.9. The Bertz CT molecular complexity index is 979. The highest BCUT2D eigenvalue weighted by Gasteiger charge is 2.60. The van der Waals surface area contributed by atoms with E-state index in [1.165, 1.54) is 12.1 Å². The van der Waals surface area contributed by atoms with Crippen LogP contribution < -0.4 is 10.6 Å². The molecule has 0 amide bonds. The molecule has 6 N–H and O–H groups in total. The van der Waals surface area contributed by atoms with Gasteiger partial charge >= 0.3 is 0 Å². The second-order valence-electron chi connectivity index (χ2n) is 7.00. The van der Waals surface area contributed by atoms with Crippen molar-refractivity contribution in [2.75, 3.05) is 25.6 Å². The lowest BCUT2D eigenvalue weighted by Gasteiger charge is -2.45. The number of fused-ring (bicyclic) bond motifs is 1. The number of ether oxygens (including phenoxy) is 1. The van der Waals surface area contributed by atoms with Gasteiger partial charge < -0.3 is 35.8 Å². The molecule has 0 aliphatic carbocycles. The fourth-order valence-corrected chi connectivity index (χ4v) is 5.24. The Balaban J connectivity index is 2.22. The number of hydrogen-bond donors (Lipinski definition) is 5. The first-order chi connectivity index (χ1) is 13.1. The second kappa shape index (κ2) is 7.23. The maximum Gasteiger partial charge on any atom is 0.294 e. The van der Waals surface area contributed by atoms with Crippen molar-refractivity contribution < 1.29 is 33.6 Å². The summed E-state index contributed by atoms with van der Waals surface area (Å²) in [4.78, 5) is 1.57. The maximum atomic E-state index is 13.4. The van der Waals surface area contributed by atoms with Gasteiger partial charge in [0.2, 0.25) is 9.84 Å². The summed E-state index contributed by atoms with van der Waals surface area (Å²) in [6.45, 7) is -0.816. The Morgan fingerprint density at radius 1 is 1.11 bits per heavy atom. The monoisotopic (exact) mass is 412 g/mol. The van der Waals surface area contributed by atoms with E-state index in [0.29, 0.717) is 10.8 Å². The van der Waals surface area contributed by atoms with E-state index in [9.17, 15) is 28.8 Å². The summed E-state index contributed by atoms with van der Waals surface area (Å²) < 4.78 is 31.9. The topological polar surface area (TPSA) is 154 Å². The Morgan fingerprint density at radius 2 is 1.71 bits per heavy atom. The van der Waals surface area contributed by atoms with Gasteiger partial charge in [-0.3, -0.25) is 0 Å². The maximum absolute atomic E-state index is 13.4. The number of sulfone groups is 1. The predicted octanol–water partition coefficient (Wildman–Crippen LogP) is -1.23. The lowest BCUT2D eigenvalue weighted by Crippen LogP contribution is -2.70. The molecule has 10 heteroatoms. The van der Waals surface area contributed by atoms with Crippen LogP contribution >= 0.6 is 0 Å². The van der Waals surface area contributed by atoms with Crippen molar-refractivity contribution in [3.63, 3.8) is 0 Å². The average molecular weight is 412 g/mol. The highest BCUT2D eigenvalue weighted by molar-refractivity contribution is 7.92. The third-order valence-corrected chi connectivity index (χ3v) is 7.11. The molecule has 0 spiro atoms. The summed E-state index contributed by atoms with van der Waals surface area (Å²) >= 11 is 0. The third kappa shape index (κ3) is 2.98. The van der Waals surface area contributed by atoms with Gasteiger partial charge in [-0.25, -0.2) is 8.42 Å². The van der Waals surface area contributed by atoms with Crippen LogP contribution in [0.2, 0.25) is 0 Å². The van der Waals surface area contributed by atoms with E-state index in [1.807, 2.05) is 25.1 Å². The number of nitrogens with two attached hydrogens (primary N) is 1. The number of aliphatic hydroxyl groups excluding tert-OH is 3. The number of rotatable bonds is 4. The molecule has 2 aromatic rings. The molecule has 154 valence electrons. The molecule has 1 unspecified atom stereocenters. The minimum Gasteiger partial charge on any atom is -0.394 e. The Morgan fingerprint density at radius 3 is 2.32 bits per heavy atom. The summed E-state index contributed by atoms with van der Waals surface area (Å²) in [5, 5.41) is 38.2. The zero-order valence-electron chi connectivity index (χ0n) is 15.4. The fraction of sp³-hybridized carbons (Fsp3) is 0.444. The largest absolute Gasteiger partial charge is 0.394 e. The van der Waals surface area contributed by atoms with Crippen LogP contribution in [0, 0.1) is 0 Å². The lowest BCUT2D eigenvalue weighted by molar-refractivity contribution is -0.272. The van der Waals surface area contributed by atoms with Gasteiger partial charge in [-0.15, -0.1) is 0 Å². The van der Waals surface area contributed by atoms with Gasteiger partial charge in [-0.1, -0.05) is 24.3 Å². The van der Waals surface area contributed by atoms with Gasteiger partial charge in [0.05, 0.1) is 11.5 Å². The van der Waals surface area contributed by atoms with Crippen molar-refractivity contribution in [1.82, 2.24) is 0 Å². The molecule has 1 heterocycles. The molecular weight excluding hydrogens is 388 g/mol. The minimum atomic E-state index is -4.67. The number of aliphatic hydroxyl groups is 4. The SMILES string of the molecule is CN(C)c1cccc2c(S(=O)(=O)C3(O)O[C@H](CO)[C@@H](O)[C@H](O)[C@H]3N)cccc12. The summed E-state index contributed by atoms with van der Waals surface area (Å²) in [6, 6.07) is 7.79. The van der Waals surface area contributed by atoms with Gasteiger partial charge in [-0.05, 0) is 12.1 Å². The highest BCUT2D eigenvalue weighted by Crippen LogP contribution is 2.39. The van der Waals surface area contributed by atoms with Crippen LogP contribution in [0.5, 0.6) is 0 Å². The quantitative estimate of drug-likeness (QED) is 0.415. The molecule has 28 heavy (non-hydrogen) atoms. The van der Waals surface area contributed by atoms with Crippen molar-refractivity contribution >= 4 is 26.3 Å². The van der Waals surface area contributed by atoms with E-state index in [-0.39, 0.29) is 4.90 Å². The van der Waals surface area contributed by atoms with Crippen LogP contribution in [-0.4, -0.2) is 79.0 Å². The summed E-state index contributed by atoms with van der Waals surface area (Å²) in [6.07, 6.45) is -5.00. The molecule has 2 aromatic carbocycles. The number of benzene rings is 2. The standard InChI is InChI=1S/C18H24N2O7S/c1-20(2)12-7-3-6-11-10(12)5-4-8-14(11)28(25,26)18(24)17(19)16(23)15(22)13(9-21)27-18/h3-8,13,15-17,21-24H,9,19H2,1-2H3/t13-,15-,16+,17-,18?/m1/s1. The van der Waals surface area contributed by atoms with Crippen LogP contribution in [0.4, 0.5) is 5.69 Å². The minimum absolute atomic E-state index is 0.244. The van der Waals surface area contributed by atoms with Crippen LogP contribution in [0.3, 0.4) is 0 Å². The van der Waals surface area contributed by atoms with Gasteiger partial charge in [0.25, 0.3) is 5.12 Å². The van der Waals surface area contributed by atoms with E-state index in [1.54, 1.807) is 18.2 Å². The molecular formula is C18H24N2O7S. The normalized spacial score (nSPS) is 31.1. The van der Waals surface area contributed by atoms with Crippen molar-refractivity contribution in [3.8, 4) is 0 Å². The fourth-order valence-electron chi connectivity index (χ4n) is 3.45. The van der Waals surface area contributed by atoms with E-state index in [4.69, 9.17) is 10.5 Å². The first-order valence-corrected chi connectivity index (χ1v) is 10.1. The lowest BCUT2D eigenvalue weighted by atomic mass is 9.98. The predicted molar refractivity (Wildman–Crippen MR) is 102 cm³/mol. The molecule has 1 fully saturated rings. The number of hydrogen-bond acceptors (Lipinski definition) is 9. The van der Waals surface area contributed by atoms with Crippen molar-refractivity contribution in [2.45, 2.75) is 34.4 Å². The molecule has 0 aromatic heterocycles. The van der Waals surface area contributed by atoms with E-state index < -0.39 is 45.9 Å². The van der Waals surface area contributed by atoms with Crippen LogP contribution in [0.1, 0.15) is 0 Å². The summed E-state index contributed by atoms with van der Waals surface area (Å²) in [7, 11) is -1.05. The zero-order chi connectivity index (χ0) is 20.9. The van der Waals surface area contributed by atoms with Crippen LogP contribution in [-0.2, 0) is 14.6 Å². The molecule has 9 nitrogen and oxygen atoms in total. The Hall–Kier alpha value is -1.79. The highest BCUT2D eigenvalue weighted by atomic mass is 32.2. The molecule has 3 rings (SSSR count). The third-order valence-electron chi connectivity index (χ3n) is 5.04. The van der Waals surface area contributed by atoms with E-state index in [0.717, 1.165) is 5.69 Å². The smallest absolute Gasteiger partial charge is 0.294 e. The molecule has 1 aliphatic rings. The van der Waals surface area contributed by atoms with E-state index >= 15 is 0 Å². The average Bonchev–Trinajstić information content (AvgIpc) is 2.67. The van der Waals surface area contributed by atoms with Crippen molar-refractivity contribution in [1.29, 1.82) is 0 Å². The zero-order valence-corrected chi connectivity index (χ0v) is 16.2. The molecule has 1 saturated heterocycles. The summed E-state index contributed by atoms with van der Waals surface area (Å²) in [5.74, 6) is 0. The van der Waals surface area contributed by atoms with Crippen LogP contribution in [0.25, 0.3) is 10.8 Å². The van der Waals surface area contributed by atoms with Gasteiger partial charge in [0.15, 0.2) is 0 Å². The second-order valence-corrected chi connectivity index (χ2v) is 9.03. The van der Waals surface area contributed by atoms with Crippen LogP contribution in [0.15, 0.2) is 41.3 Å². The van der Waals surface area contributed by atoms with Gasteiger partial charge in [-0.2, -0.15) is 0 Å². The Kier molecular flexibility index (Phi) is 5.40. The Labute approximate surface area is 162 Å². The summed E-state index contributed by atoms with van der Waals surface area (Å²) in [5.41, 5.74) is 6.52. The van der Waals surface area contributed by atoms with Crippen molar-refractivity contribution in [3.05, 3.63) is 36.4 Å². The molecule has 1 aliphatic heterocycles. The van der Waals surface area contributed by atoms with E-state index in [2.05, 4.69) is 0 Å². The van der Waals surface area contributed by atoms with Gasteiger partial charge in [0, 0.05) is 30.6 Å². The van der Waals surface area contributed by atoms with Crippen molar-refractivity contribution in [2.24, 2.45) is 5.73 Å². The molecule has 0 radical (unpaired) electrons. The first-order valence-electron chi connectivity index (χ1n) is 8.62. The number of anilines is 1. The molecule has 0 bridgehead atoms. The van der Waals surface area contributed by atoms with Gasteiger partial charge in [0.1, 0.15) is 24.4 Å². The number of nitrogens with zero attached hydrogens (tertiary/aromatic N) is 1. The molecule has 5 atom stereocenters.